The number of aryl methyl sites for hydroxylation is 1. The first-order valence-corrected chi connectivity index (χ1v) is 7.80. The minimum absolute atomic E-state index is 0.0250. The second-order valence-corrected chi connectivity index (χ2v) is 6.79. The van der Waals surface area contributed by atoms with Crippen LogP contribution in [-0.2, 0) is 20.6 Å². The summed E-state index contributed by atoms with van der Waals surface area (Å²) in [5, 5.41) is 0. The predicted octanol–water partition coefficient (Wildman–Crippen LogP) is 0.645. The zero-order chi connectivity index (χ0) is 14.0. The summed E-state index contributed by atoms with van der Waals surface area (Å²) in [6.07, 6.45) is 0.240. The molecular weight excluding hydrogens is 264 g/mol. The summed E-state index contributed by atoms with van der Waals surface area (Å²) < 4.78 is 26.6. The smallest absolute Gasteiger partial charge is 0.224 e. The van der Waals surface area contributed by atoms with Gasteiger partial charge in [-0.25, -0.2) is 13.1 Å². The average Bonchev–Trinajstić information content (AvgIpc) is 2.60. The summed E-state index contributed by atoms with van der Waals surface area (Å²) in [6, 6.07) is 7.07. The molecule has 2 rings (SSSR count). The Morgan fingerprint density at radius 2 is 1.95 bits per heavy atom. The predicted molar refractivity (Wildman–Crippen MR) is 73.0 cm³/mol. The lowest BCUT2D eigenvalue weighted by molar-refractivity contribution is -0.126. The fourth-order valence-electron chi connectivity index (χ4n) is 2.14. The topological polar surface area (TPSA) is 66.5 Å². The minimum atomic E-state index is -3.41. The molecule has 1 amide bonds. The van der Waals surface area contributed by atoms with Crippen LogP contribution in [0.25, 0.3) is 0 Å². The third-order valence-corrected chi connectivity index (χ3v) is 4.57. The number of hydrogen-bond donors (Lipinski definition) is 1. The molecule has 1 aliphatic rings. The minimum Gasteiger partial charge on any atom is -0.344 e. The van der Waals surface area contributed by atoms with Gasteiger partial charge in [-0.15, -0.1) is 0 Å². The SMILES string of the molecule is Cc1ccc(CS(=O)(=O)NC2CC(=O)N(C)C2)cc1. The Hall–Kier alpha value is -1.40. The molecule has 0 radical (unpaired) electrons. The zero-order valence-corrected chi connectivity index (χ0v) is 11.9. The van der Waals surface area contributed by atoms with Crippen LogP contribution >= 0.6 is 0 Å². The van der Waals surface area contributed by atoms with E-state index in [9.17, 15) is 13.2 Å². The fraction of sp³-hybridized carbons (Fsp3) is 0.462. The average molecular weight is 282 g/mol. The van der Waals surface area contributed by atoms with E-state index < -0.39 is 10.0 Å². The Bertz CT molecular complexity index is 566. The molecule has 1 aromatic carbocycles. The Morgan fingerprint density at radius 3 is 2.47 bits per heavy atom. The van der Waals surface area contributed by atoms with Gasteiger partial charge in [-0.2, -0.15) is 0 Å². The normalized spacial score (nSPS) is 20.0. The molecule has 6 heteroatoms. The summed E-state index contributed by atoms with van der Waals surface area (Å²) in [7, 11) is -1.73. The van der Waals surface area contributed by atoms with E-state index >= 15 is 0 Å². The van der Waals surface area contributed by atoms with Gasteiger partial charge >= 0.3 is 0 Å². The molecule has 1 unspecified atom stereocenters. The molecule has 0 aromatic heterocycles. The number of likely N-dealkylation sites (N-methyl/N-ethyl adjacent to an activating group) is 1. The third-order valence-electron chi connectivity index (χ3n) is 3.16. The van der Waals surface area contributed by atoms with Crippen LogP contribution in [0.1, 0.15) is 17.5 Å². The Morgan fingerprint density at radius 1 is 1.32 bits per heavy atom. The maximum Gasteiger partial charge on any atom is 0.224 e. The van der Waals surface area contributed by atoms with Crippen LogP contribution in [0, 0.1) is 6.92 Å². The van der Waals surface area contributed by atoms with Crippen LogP contribution in [0.5, 0.6) is 0 Å². The van der Waals surface area contributed by atoms with Crippen molar-refractivity contribution in [2.45, 2.75) is 25.1 Å². The number of nitrogens with one attached hydrogen (secondary N) is 1. The van der Waals surface area contributed by atoms with Crippen LogP contribution in [-0.4, -0.2) is 38.9 Å². The van der Waals surface area contributed by atoms with E-state index in [1.54, 1.807) is 24.1 Å². The zero-order valence-electron chi connectivity index (χ0n) is 11.1. The van der Waals surface area contributed by atoms with E-state index in [0.717, 1.165) is 11.1 Å². The summed E-state index contributed by atoms with van der Waals surface area (Å²) in [5.41, 5.74) is 1.84. The standard InChI is InChI=1S/C13H18N2O3S/c1-10-3-5-11(6-4-10)9-19(17,18)14-12-7-13(16)15(2)8-12/h3-6,12,14H,7-9H2,1-2H3. The number of hydrogen-bond acceptors (Lipinski definition) is 3. The second-order valence-electron chi connectivity index (χ2n) is 5.04. The number of likely N-dealkylation sites (tertiary alicyclic amines) is 1. The number of nitrogens with zero attached hydrogens (tertiary/aromatic N) is 1. The van der Waals surface area contributed by atoms with Crippen LogP contribution in [0.3, 0.4) is 0 Å². The molecule has 1 aliphatic heterocycles. The summed E-state index contributed by atoms with van der Waals surface area (Å²) in [6.45, 7) is 2.39. The van der Waals surface area contributed by atoms with Crippen molar-refractivity contribution in [3.05, 3.63) is 35.4 Å². The number of sulfonamides is 1. The van der Waals surface area contributed by atoms with E-state index in [1.807, 2.05) is 19.1 Å². The molecule has 5 nitrogen and oxygen atoms in total. The highest BCUT2D eigenvalue weighted by Gasteiger charge is 2.29. The quantitative estimate of drug-likeness (QED) is 0.881. The molecule has 1 saturated heterocycles. The Balaban J connectivity index is 1.99. The second kappa shape index (κ2) is 5.30. The summed E-state index contributed by atoms with van der Waals surface area (Å²) >= 11 is 0. The lowest BCUT2D eigenvalue weighted by Gasteiger charge is -2.13. The van der Waals surface area contributed by atoms with Gasteiger partial charge in [-0.3, -0.25) is 4.79 Å². The van der Waals surface area contributed by atoms with Gasteiger partial charge < -0.3 is 4.90 Å². The largest absolute Gasteiger partial charge is 0.344 e. The fourth-order valence-corrected chi connectivity index (χ4v) is 3.52. The molecule has 19 heavy (non-hydrogen) atoms. The first kappa shape index (κ1) is 14.0. The van der Waals surface area contributed by atoms with Crippen molar-refractivity contribution in [1.82, 2.24) is 9.62 Å². The summed E-state index contributed by atoms with van der Waals surface area (Å²) in [5.74, 6) is -0.0789. The van der Waals surface area contributed by atoms with Gasteiger partial charge in [-0.1, -0.05) is 29.8 Å². The van der Waals surface area contributed by atoms with Crippen LogP contribution < -0.4 is 4.72 Å². The van der Waals surface area contributed by atoms with E-state index in [1.165, 1.54) is 0 Å². The maximum absolute atomic E-state index is 12.0. The van der Waals surface area contributed by atoms with Gasteiger partial charge in [0.05, 0.1) is 5.75 Å². The van der Waals surface area contributed by atoms with Crippen molar-refractivity contribution in [3.8, 4) is 0 Å². The van der Waals surface area contributed by atoms with Crippen LogP contribution in [0.15, 0.2) is 24.3 Å². The van der Waals surface area contributed by atoms with Gasteiger partial charge in [0.1, 0.15) is 0 Å². The molecule has 1 N–H and O–H groups in total. The van der Waals surface area contributed by atoms with Gasteiger partial charge in [-0.05, 0) is 12.5 Å². The molecular formula is C13H18N2O3S. The Labute approximate surface area is 113 Å². The maximum atomic E-state index is 12.0. The first-order chi connectivity index (χ1) is 8.85. The highest BCUT2D eigenvalue weighted by molar-refractivity contribution is 7.88. The number of carbonyl (C=O) groups excluding carboxylic acids is 1. The van der Waals surface area contributed by atoms with Crippen LogP contribution in [0.2, 0.25) is 0 Å². The van der Waals surface area contributed by atoms with Gasteiger partial charge in [0.15, 0.2) is 0 Å². The highest BCUT2D eigenvalue weighted by atomic mass is 32.2. The lowest BCUT2D eigenvalue weighted by Crippen LogP contribution is -2.37. The monoisotopic (exact) mass is 282 g/mol. The molecule has 0 saturated carbocycles. The number of rotatable bonds is 4. The third kappa shape index (κ3) is 3.78. The van der Waals surface area contributed by atoms with E-state index in [4.69, 9.17) is 0 Å². The van der Waals surface area contributed by atoms with Crippen molar-refractivity contribution in [3.63, 3.8) is 0 Å². The van der Waals surface area contributed by atoms with Crippen molar-refractivity contribution < 1.29 is 13.2 Å². The van der Waals surface area contributed by atoms with Gasteiger partial charge in [0, 0.05) is 26.1 Å². The van der Waals surface area contributed by atoms with Crippen molar-refractivity contribution >= 4 is 15.9 Å². The van der Waals surface area contributed by atoms with Crippen molar-refractivity contribution in [2.24, 2.45) is 0 Å². The molecule has 1 fully saturated rings. The number of benzene rings is 1. The molecule has 1 atom stereocenters. The lowest BCUT2D eigenvalue weighted by atomic mass is 10.2. The highest BCUT2D eigenvalue weighted by Crippen LogP contribution is 2.12. The molecule has 1 aromatic rings. The molecule has 0 bridgehead atoms. The number of amides is 1. The van der Waals surface area contributed by atoms with Crippen LogP contribution in [0.4, 0.5) is 0 Å². The summed E-state index contributed by atoms with van der Waals surface area (Å²) in [4.78, 5) is 12.9. The Kier molecular flexibility index (Phi) is 3.91. The van der Waals surface area contributed by atoms with Crippen molar-refractivity contribution in [2.75, 3.05) is 13.6 Å². The van der Waals surface area contributed by atoms with E-state index in [-0.39, 0.29) is 24.1 Å². The van der Waals surface area contributed by atoms with E-state index in [0.29, 0.717) is 6.54 Å². The molecule has 0 spiro atoms. The van der Waals surface area contributed by atoms with E-state index in [2.05, 4.69) is 4.72 Å². The first-order valence-electron chi connectivity index (χ1n) is 6.15. The van der Waals surface area contributed by atoms with Gasteiger partial charge in [0.2, 0.25) is 15.9 Å². The van der Waals surface area contributed by atoms with Gasteiger partial charge in [0.25, 0.3) is 0 Å². The molecule has 0 aliphatic carbocycles. The van der Waals surface area contributed by atoms with Crippen molar-refractivity contribution in [1.29, 1.82) is 0 Å². The molecule has 1 heterocycles. The molecule has 104 valence electrons. The number of carbonyl (C=O) groups is 1.